The molecule has 1 aliphatic carbocycles. The fourth-order valence-electron chi connectivity index (χ4n) is 4.67. The van der Waals surface area contributed by atoms with Crippen LogP contribution >= 0.6 is 11.3 Å². The van der Waals surface area contributed by atoms with Crippen LogP contribution < -0.4 is 10.1 Å². The highest BCUT2D eigenvalue weighted by molar-refractivity contribution is 7.22. The van der Waals surface area contributed by atoms with Crippen molar-refractivity contribution in [1.82, 2.24) is 4.98 Å². The van der Waals surface area contributed by atoms with Gasteiger partial charge in [0.15, 0.2) is 10.9 Å². The summed E-state index contributed by atoms with van der Waals surface area (Å²) in [5, 5.41) is 13.5. The molecule has 2 N–H and O–H groups in total. The first-order valence-electron chi connectivity index (χ1n) is 11.7. The van der Waals surface area contributed by atoms with E-state index in [0.717, 1.165) is 50.8 Å². The smallest absolute Gasteiger partial charge is 0.306 e. The third-order valence-electron chi connectivity index (χ3n) is 6.63. The second-order valence-electron chi connectivity index (χ2n) is 8.90. The van der Waals surface area contributed by atoms with E-state index < -0.39 is 11.9 Å². The number of methoxy groups -OCH3 is 1. The van der Waals surface area contributed by atoms with Crippen LogP contribution in [0.5, 0.6) is 5.75 Å². The number of thiazole rings is 1. The minimum atomic E-state index is -0.792. The molecule has 35 heavy (non-hydrogen) atoms. The summed E-state index contributed by atoms with van der Waals surface area (Å²) in [4.78, 5) is 28.9. The number of fused-ring (bicyclic) bond motifs is 1. The van der Waals surface area contributed by atoms with E-state index in [2.05, 4.69) is 10.3 Å². The fourth-order valence-corrected chi connectivity index (χ4v) is 5.58. The molecule has 178 valence electrons. The molecule has 0 bridgehead atoms. The van der Waals surface area contributed by atoms with Gasteiger partial charge in [0.1, 0.15) is 5.75 Å². The molecule has 1 heterocycles. The van der Waals surface area contributed by atoms with E-state index >= 15 is 0 Å². The number of Topliss-reactive ketones (excluding diaryl/α,β-unsaturated/α-hetero) is 1. The molecule has 0 unspecified atom stereocenters. The Morgan fingerprint density at radius 1 is 0.971 bits per heavy atom. The maximum absolute atomic E-state index is 12.9. The number of carbonyl (C=O) groups is 2. The van der Waals surface area contributed by atoms with Crippen molar-refractivity contribution in [2.24, 2.45) is 11.8 Å². The Morgan fingerprint density at radius 2 is 1.66 bits per heavy atom. The summed E-state index contributed by atoms with van der Waals surface area (Å²) in [5.74, 6) is -0.540. The number of carboxylic acids is 1. The molecule has 3 aromatic carbocycles. The van der Waals surface area contributed by atoms with Crippen LogP contribution in [-0.4, -0.2) is 29.0 Å². The van der Waals surface area contributed by atoms with E-state index in [4.69, 9.17) is 4.74 Å². The van der Waals surface area contributed by atoms with E-state index in [1.165, 1.54) is 0 Å². The lowest BCUT2D eigenvalue weighted by atomic mass is 9.78. The number of nitrogens with one attached hydrogen (secondary N) is 1. The Balaban J connectivity index is 1.25. The maximum Gasteiger partial charge on any atom is 0.306 e. The van der Waals surface area contributed by atoms with Crippen molar-refractivity contribution < 1.29 is 19.4 Å². The lowest BCUT2D eigenvalue weighted by molar-refractivity contribution is -0.143. The molecule has 1 saturated carbocycles. The van der Waals surface area contributed by atoms with Gasteiger partial charge >= 0.3 is 5.97 Å². The molecule has 0 spiro atoms. The molecule has 1 aromatic heterocycles. The van der Waals surface area contributed by atoms with Gasteiger partial charge in [-0.15, -0.1) is 0 Å². The average Bonchev–Trinajstić information content (AvgIpc) is 3.30. The highest BCUT2D eigenvalue weighted by atomic mass is 32.1. The minimum absolute atomic E-state index is 0.0514. The van der Waals surface area contributed by atoms with Gasteiger partial charge in [-0.25, -0.2) is 4.98 Å². The summed E-state index contributed by atoms with van der Waals surface area (Å²) in [7, 11) is 1.65. The van der Waals surface area contributed by atoms with Crippen molar-refractivity contribution in [1.29, 1.82) is 0 Å². The number of hydrogen-bond acceptors (Lipinski definition) is 6. The highest BCUT2D eigenvalue weighted by Gasteiger charge is 2.31. The fraction of sp³-hybridized carbons (Fsp3) is 0.250. The highest BCUT2D eigenvalue weighted by Crippen LogP contribution is 2.33. The van der Waals surface area contributed by atoms with Crippen molar-refractivity contribution in [2.75, 3.05) is 12.4 Å². The van der Waals surface area contributed by atoms with Gasteiger partial charge in [-0.05, 0) is 60.7 Å². The first-order valence-corrected chi connectivity index (χ1v) is 12.5. The van der Waals surface area contributed by atoms with Gasteiger partial charge in [-0.1, -0.05) is 54.2 Å². The van der Waals surface area contributed by atoms with Crippen LogP contribution in [0.2, 0.25) is 0 Å². The third kappa shape index (κ3) is 5.05. The number of aliphatic carboxylic acids is 1. The van der Waals surface area contributed by atoms with Gasteiger partial charge in [0, 0.05) is 17.2 Å². The zero-order valence-corrected chi connectivity index (χ0v) is 20.2. The summed E-state index contributed by atoms with van der Waals surface area (Å²) in [6.07, 6.45) is 2.65. The van der Waals surface area contributed by atoms with Crippen LogP contribution in [-0.2, 0) is 4.79 Å². The van der Waals surface area contributed by atoms with Gasteiger partial charge < -0.3 is 15.2 Å². The number of ether oxygens (including phenoxy) is 1. The lowest BCUT2D eigenvalue weighted by Gasteiger charge is -2.25. The molecule has 0 saturated heterocycles. The van der Waals surface area contributed by atoms with Gasteiger partial charge in [0.05, 0.1) is 23.2 Å². The zero-order chi connectivity index (χ0) is 24.4. The van der Waals surface area contributed by atoms with Crippen molar-refractivity contribution in [3.05, 3.63) is 72.3 Å². The molecule has 1 fully saturated rings. The second kappa shape index (κ2) is 9.88. The molecular weight excluding hydrogens is 460 g/mol. The maximum atomic E-state index is 12.9. The Morgan fingerprint density at radius 3 is 2.34 bits per heavy atom. The number of hydrogen-bond donors (Lipinski definition) is 2. The summed E-state index contributed by atoms with van der Waals surface area (Å²) in [6, 6.07) is 21.5. The van der Waals surface area contributed by atoms with E-state index in [1.54, 1.807) is 18.4 Å². The lowest BCUT2D eigenvalue weighted by Crippen LogP contribution is -2.27. The SMILES string of the molecule is COc1ccc2nc(Nc3ccc(-c4ccc(C(=O)[C@H]5CCC[C@@H](C(=O)O)C5)cc4)cc3)sc2c1. The number of carboxylic acid groups (broad SMARTS) is 1. The molecular formula is C28H26N2O4S. The number of ketones is 1. The number of anilines is 2. The van der Waals surface area contributed by atoms with Crippen LogP contribution in [0.25, 0.3) is 21.3 Å². The molecule has 0 aliphatic heterocycles. The Labute approximate surface area is 207 Å². The molecule has 0 radical (unpaired) electrons. The van der Waals surface area contributed by atoms with Crippen LogP contribution in [0.1, 0.15) is 36.0 Å². The van der Waals surface area contributed by atoms with E-state index in [1.807, 2.05) is 66.7 Å². The average molecular weight is 487 g/mol. The Kier molecular flexibility index (Phi) is 6.51. The van der Waals surface area contributed by atoms with Crippen LogP contribution in [0, 0.1) is 11.8 Å². The molecule has 1 aliphatic rings. The van der Waals surface area contributed by atoms with Crippen LogP contribution in [0.3, 0.4) is 0 Å². The summed E-state index contributed by atoms with van der Waals surface area (Å²) in [6.45, 7) is 0. The summed E-state index contributed by atoms with van der Waals surface area (Å²) in [5.41, 5.74) is 4.59. The van der Waals surface area contributed by atoms with Gasteiger partial charge in [0.2, 0.25) is 0 Å². The predicted molar refractivity (Wildman–Crippen MR) is 139 cm³/mol. The summed E-state index contributed by atoms with van der Waals surface area (Å²) >= 11 is 1.57. The molecule has 7 heteroatoms. The first kappa shape index (κ1) is 23.1. The molecule has 5 rings (SSSR count). The summed E-state index contributed by atoms with van der Waals surface area (Å²) < 4.78 is 6.35. The number of carbonyl (C=O) groups excluding carboxylic acids is 1. The second-order valence-corrected chi connectivity index (χ2v) is 9.93. The third-order valence-corrected chi connectivity index (χ3v) is 7.56. The van der Waals surface area contributed by atoms with Gasteiger partial charge in [-0.3, -0.25) is 9.59 Å². The van der Waals surface area contributed by atoms with Crippen molar-refractivity contribution >= 4 is 44.1 Å². The molecule has 4 aromatic rings. The Hall–Kier alpha value is -3.71. The molecule has 6 nitrogen and oxygen atoms in total. The number of nitrogens with zero attached hydrogens (tertiary/aromatic N) is 1. The topological polar surface area (TPSA) is 88.5 Å². The van der Waals surface area contributed by atoms with Crippen molar-refractivity contribution in [2.45, 2.75) is 25.7 Å². The van der Waals surface area contributed by atoms with E-state index in [9.17, 15) is 14.7 Å². The van der Waals surface area contributed by atoms with Gasteiger partial charge in [-0.2, -0.15) is 0 Å². The first-order chi connectivity index (χ1) is 17.0. The van der Waals surface area contributed by atoms with Crippen molar-refractivity contribution in [3.63, 3.8) is 0 Å². The van der Waals surface area contributed by atoms with E-state index in [0.29, 0.717) is 18.4 Å². The van der Waals surface area contributed by atoms with Crippen molar-refractivity contribution in [3.8, 4) is 16.9 Å². The van der Waals surface area contributed by atoms with Crippen LogP contribution in [0.4, 0.5) is 10.8 Å². The monoisotopic (exact) mass is 486 g/mol. The number of benzene rings is 3. The predicted octanol–water partition coefficient (Wildman–Crippen LogP) is 6.79. The van der Waals surface area contributed by atoms with Gasteiger partial charge in [0.25, 0.3) is 0 Å². The van der Waals surface area contributed by atoms with Crippen LogP contribution in [0.15, 0.2) is 66.7 Å². The quantitative estimate of drug-likeness (QED) is 0.280. The minimum Gasteiger partial charge on any atom is -0.497 e. The van der Waals surface area contributed by atoms with E-state index in [-0.39, 0.29) is 11.7 Å². The number of aromatic nitrogens is 1. The largest absolute Gasteiger partial charge is 0.497 e. The Bertz CT molecular complexity index is 1360. The standard InChI is InChI=1S/C28H26N2O4S/c1-34-23-13-14-24-25(16-23)35-28(30-24)29-22-11-9-18(10-12-22)17-5-7-19(8-6-17)26(31)20-3-2-4-21(15-20)27(32)33/h5-14,16,20-21H,2-4,15H2,1H3,(H,29,30)(H,32,33)/t20-,21+/m0/s1. The molecule has 0 amide bonds. The molecule has 2 atom stereocenters. The number of rotatable bonds is 7. The normalized spacial score (nSPS) is 17.7. The zero-order valence-electron chi connectivity index (χ0n) is 19.4.